The average Bonchev–Trinajstić information content (AvgIpc) is 2.80. The van der Waals surface area contributed by atoms with Gasteiger partial charge in [0, 0.05) is 23.9 Å². The van der Waals surface area contributed by atoms with Crippen molar-refractivity contribution in [3.05, 3.63) is 35.9 Å². The number of amides is 2. The first-order valence-electron chi connectivity index (χ1n) is 6.78. The second-order valence-corrected chi connectivity index (χ2v) is 5.35. The number of benzene rings is 1. The zero-order valence-corrected chi connectivity index (χ0v) is 10.7. The molecule has 3 atom stereocenters. The van der Waals surface area contributed by atoms with E-state index < -0.39 is 0 Å². The van der Waals surface area contributed by atoms with E-state index in [0.717, 1.165) is 6.42 Å². The lowest BCUT2D eigenvalue weighted by atomic mass is 9.89. The molecule has 3 rings (SSSR count). The molecule has 0 spiro atoms. The third-order valence-electron chi connectivity index (χ3n) is 4.28. The van der Waals surface area contributed by atoms with Gasteiger partial charge in [0.1, 0.15) is 0 Å². The fourth-order valence-electron chi connectivity index (χ4n) is 3.31. The van der Waals surface area contributed by atoms with Crippen LogP contribution in [0.3, 0.4) is 0 Å². The number of imide groups is 1. The minimum atomic E-state index is -0.371. The standard InChI is InChI=1S/C15H17NO3/c17-13-8-7-12-11(13)6-9-14(18)16(12)15(19)10-4-2-1-3-5-10/h1-5,11-13,17H,6-9H2/t11-,12-,13-/m1/s1. The van der Waals surface area contributed by atoms with Crippen molar-refractivity contribution in [1.82, 2.24) is 4.90 Å². The Morgan fingerprint density at radius 1 is 1.16 bits per heavy atom. The molecule has 1 heterocycles. The van der Waals surface area contributed by atoms with Crippen LogP contribution in [0.4, 0.5) is 0 Å². The van der Waals surface area contributed by atoms with E-state index in [1.54, 1.807) is 24.3 Å². The summed E-state index contributed by atoms with van der Waals surface area (Å²) in [6, 6.07) is 8.76. The maximum atomic E-state index is 12.5. The van der Waals surface area contributed by atoms with Crippen LogP contribution in [0.2, 0.25) is 0 Å². The maximum Gasteiger partial charge on any atom is 0.260 e. The van der Waals surface area contributed by atoms with E-state index in [2.05, 4.69) is 0 Å². The fourth-order valence-corrected chi connectivity index (χ4v) is 3.31. The number of aliphatic hydroxyl groups excluding tert-OH is 1. The highest BCUT2D eigenvalue weighted by molar-refractivity contribution is 6.05. The quantitative estimate of drug-likeness (QED) is 0.779. The van der Waals surface area contributed by atoms with Gasteiger partial charge >= 0.3 is 0 Å². The predicted molar refractivity (Wildman–Crippen MR) is 69.4 cm³/mol. The average molecular weight is 259 g/mol. The number of fused-ring (bicyclic) bond motifs is 1. The molecule has 4 nitrogen and oxygen atoms in total. The Kier molecular flexibility index (Phi) is 3.11. The van der Waals surface area contributed by atoms with Gasteiger partial charge in [-0.25, -0.2) is 0 Å². The molecular weight excluding hydrogens is 242 g/mol. The van der Waals surface area contributed by atoms with E-state index in [4.69, 9.17) is 0 Å². The van der Waals surface area contributed by atoms with Gasteiger partial charge in [-0.3, -0.25) is 14.5 Å². The van der Waals surface area contributed by atoms with E-state index in [-0.39, 0.29) is 29.9 Å². The highest BCUT2D eigenvalue weighted by Gasteiger charge is 2.46. The highest BCUT2D eigenvalue weighted by atomic mass is 16.3. The molecule has 1 N–H and O–H groups in total. The number of aliphatic hydroxyl groups is 1. The predicted octanol–water partition coefficient (Wildman–Crippen LogP) is 1.59. The summed E-state index contributed by atoms with van der Waals surface area (Å²) in [7, 11) is 0. The number of carbonyl (C=O) groups is 2. The zero-order chi connectivity index (χ0) is 13.4. The Labute approximate surface area is 112 Å². The van der Waals surface area contributed by atoms with E-state index >= 15 is 0 Å². The van der Waals surface area contributed by atoms with Crippen LogP contribution in [0.1, 0.15) is 36.0 Å². The molecule has 19 heavy (non-hydrogen) atoms. The van der Waals surface area contributed by atoms with Crippen molar-refractivity contribution in [2.45, 2.75) is 37.8 Å². The number of hydrogen-bond acceptors (Lipinski definition) is 3. The van der Waals surface area contributed by atoms with Crippen LogP contribution in [-0.2, 0) is 4.79 Å². The van der Waals surface area contributed by atoms with Crippen molar-refractivity contribution >= 4 is 11.8 Å². The molecule has 2 fully saturated rings. The van der Waals surface area contributed by atoms with Crippen LogP contribution in [0.25, 0.3) is 0 Å². The van der Waals surface area contributed by atoms with Crippen molar-refractivity contribution in [2.24, 2.45) is 5.92 Å². The Bertz CT molecular complexity index is 499. The number of rotatable bonds is 1. The van der Waals surface area contributed by atoms with Crippen LogP contribution >= 0.6 is 0 Å². The smallest absolute Gasteiger partial charge is 0.260 e. The van der Waals surface area contributed by atoms with E-state index in [1.165, 1.54) is 4.90 Å². The number of carbonyl (C=O) groups excluding carboxylic acids is 2. The minimum absolute atomic E-state index is 0.0605. The first kappa shape index (κ1) is 12.4. The normalized spacial score (nSPS) is 30.3. The lowest BCUT2D eigenvalue weighted by Crippen LogP contribution is -2.51. The fraction of sp³-hybridized carbons (Fsp3) is 0.467. The van der Waals surface area contributed by atoms with Gasteiger partial charge in [0.2, 0.25) is 5.91 Å². The molecule has 0 aromatic heterocycles. The van der Waals surface area contributed by atoms with Gasteiger partial charge in [-0.05, 0) is 31.4 Å². The molecule has 0 radical (unpaired) electrons. The molecule has 1 saturated heterocycles. The van der Waals surface area contributed by atoms with Gasteiger partial charge in [-0.2, -0.15) is 0 Å². The van der Waals surface area contributed by atoms with E-state index in [0.29, 0.717) is 24.8 Å². The first-order chi connectivity index (χ1) is 9.18. The van der Waals surface area contributed by atoms with Crippen molar-refractivity contribution < 1.29 is 14.7 Å². The summed E-state index contributed by atoms with van der Waals surface area (Å²) in [5.41, 5.74) is 0.540. The summed E-state index contributed by atoms with van der Waals surface area (Å²) < 4.78 is 0. The Morgan fingerprint density at radius 2 is 1.89 bits per heavy atom. The molecule has 100 valence electrons. The van der Waals surface area contributed by atoms with Gasteiger partial charge in [-0.15, -0.1) is 0 Å². The van der Waals surface area contributed by atoms with Gasteiger partial charge in [0.05, 0.1) is 6.10 Å². The summed E-state index contributed by atoms with van der Waals surface area (Å²) in [6.45, 7) is 0. The largest absolute Gasteiger partial charge is 0.393 e. The van der Waals surface area contributed by atoms with Gasteiger partial charge in [0.15, 0.2) is 0 Å². The van der Waals surface area contributed by atoms with Crippen molar-refractivity contribution in [1.29, 1.82) is 0 Å². The summed E-state index contributed by atoms with van der Waals surface area (Å²) in [5, 5.41) is 9.93. The molecule has 0 bridgehead atoms. The van der Waals surface area contributed by atoms with Crippen molar-refractivity contribution in [3.8, 4) is 0 Å². The van der Waals surface area contributed by atoms with E-state index in [1.807, 2.05) is 6.07 Å². The number of likely N-dealkylation sites (tertiary alicyclic amines) is 1. The summed E-state index contributed by atoms with van der Waals surface area (Å²) >= 11 is 0. The Hall–Kier alpha value is -1.68. The van der Waals surface area contributed by atoms with Gasteiger partial charge in [-0.1, -0.05) is 18.2 Å². The molecule has 2 amide bonds. The van der Waals surface area contributed by atoms with Gasteiger partial charge < -0.3 is 5.11 Å². The zero-order valence-electron chi connectivity index (χ0n) is 10.7. The monoisotopic (exact) mass is 259 g/mol. The first-order valence-corrected chi connectivity index (χ1v) is 6.78. The van der Waals surface area contributed by atoms with Crippen molar-refractivity contribution in [2.75, 3.05) is 0 Å². The Balaban J connectivity index is 1.89. The number of piperidine rings is 1. The lowest BCUT2D eigenvalue weighted by Gasteiger charge is -2.36. The molecule has 1 aromatic carbocycles. The summed E-state index contributed by atoms with van der Waals surface area (Å²) in [5.74, 6) is -0.274. The summed E-state index contributed by atoms with van der Waals surface area (Å²) in [6.07, 6.45) is 2.08. The Morgan fingerprint density at radius 3 is 2.63 bits per heavy atom. The molecule has 0 unspecified atom stereocenters. The van der Waals surface area contributed by atoms with Crippen LogP contribution < -0.4 is 0 Å². The summed E-state index contributed by atoms with van der Waals surface area (Å²) in [4.78, 5) is 26.0. The SMILES string of the molecule is O=C1CC[C@H]2[C@H](O)CC[C@H]2N1C(=O)c1ccccc1. The molecular formula is C15H17NO3. The van der Waals surface area contributed by atoms with Crippen LogP contribution in [-0.4, -0.2) is 34.0 Å². The second-order valence-electron chi connectivity index (χ2n) is 5.35. The third kappa shape index (κ3) is 2.06. The lowest BCUT2D eigenvalue weighted by molar-refractivity contribution is -0.135. The molecule has 4 heteroatoms. The minimum Gasteiger partial charge on any atom is -0.393 e. The topological polar surface area (TPSA) is 57.6 Å². The molecule has 1 aliphatic heterocycles. The van der Waals surface area contributed by atoms with Crippen LogP contribution in [0, 0.1) is 5.92 Å². The van der Waals surface area contributed by atoms with E-state index in [9.17, 15) is 14.7 Å². The van der Waals surface area contributed by atoms with Crippen molar-refractivity contribution in [3.63, 3.8) is 0 Å². The molecule has 1 aromatic rings. The van der Waals surface area contributed by atoms with Crippen LogP contribution in [0.5, 0.6) is 0 Å². The molecule has 1 saturated carbocycles. The van der Waals surface area contributed by atoms with Gasteiger partial charge in [0.25, 0.3) is 5.91 Å². The molecule has 2 aliphatic rings. The number of nitrogens with zero attached hydrogens (tertiary/aromatic N) is 1. The third-order valence-corrected chi connectivity index (χ3v) is 4.28. The molecule has 1 aliphatic carbocycles. The second kappa shape index (κ2) is 4.78. The highest BCUT2D eigenvalue weighted by Crippen LogP contribution is 2.38. The maximum absolute atomic E-state index is 12.5. The number of hydrogen-bond donors (Lipinski definition) is 1. The van der Waals surface area contributed by atoms with Crippen LogP contribution in [0.15, 0.2) is 30.3 Å².